The lowest BCUT2D eigenvalue weighted by Crippen LogP contribution is -2.42. The third kappa shape index (κ3) is 5.50. The fourth-order valence-electron chi connectivity index (χ4n) is 2.90. The molecule has 1 saturated heterocycles. The van der Waals surface area contributed by atoms with Crippen molar-refractivity contribution < 1.29 is 22.4 Å². The molecule has 2 N–H and O–H groups in total. The minimum absolute atomic E-state index is 0.00968. The molecule has 0 spiro atoms. The second-order valence-corrected chi connectivity index (χ2v) is 8.06. The number of nitrogens with zero attached hydrogens (tertiary/aromatic N) is 1. The highest BCUT2D eigenvalue weighted by Gasteiger charge is 2.24. The lowest BCUT2D eigenvalue weighted by Gasteiger charge is -2.32. The van der Waals surface area contributed by atoms with Gasteiger partial charge in [0.2, 0.25) is 15.9 Å². The highest BCUT2D eigenvalue weighted by Crippen LogP contribution is 2.17. The number of hydrogen-bond donors (Lipinski definition) is 2. The second kappa shape index (κ2) is 9.09. The number of nitrogens with one attached hydrogen (secondary N) is 2. The first-order chi connectivity index (χ1) is 12.3. The van der Waals surface area contributed by atoms with E-state index in [0.29, 0.717) is 13.1 Å². The van der Waals surface area contributed by atoms with Gasteiger partial charge in [-0.3, -0.25) is 9.59 Å². The quantitative estimate of drug-likeness (QED) is 0.730. The third-order valence-corrected chi connectivity index (χ3v) is 5.73. The molecule has 0 bridgehead atoms. The maximum Gasteiger partial charge on any atom is 0.251 e. The number of rotatable bonds is 7. The van der Waals surface area contributed by atoms with E-state index in [1.807, 2.05) is 0 Å². The molecule has 1 aliphatic rings. The van der Waals surface area contributed by atoms with E-state index < -0.39 is 22.6 Å². The van der Waals surface area contributed by atoms with Crippen LogP contribution in [-0.2, 0) is 14.8 Å². The van der Waals surface area contributed by atoms with Crippen molar-refractivity contribution in [2.45, 2.75) is 24.7 Å². The molecule has 7 nitrogen and oxygen atoms in total. The van der Waals surface area contributed by atoms with Crippen LogP contribution in [0.1, 0.15) is 30.1 Å². The number of sulfonamides is 1. The Kier molecular flexibility index (Phi) is 7.10. The monoisotopic (exact) mass is 385 g/mol. The number of piperidine rings is 1. The third-order valence-electron chi connectivity index (χ3n) is 4.31. The van der Waals surface area contributed by atoms with Crippen molar-refractivity contribution >= 4 is 21.8 Å². The van der Waals surface area contributed by atoms with Crippen LogP contribution in [0, 0.1) is 5.92 Å². The van der Waals surface area contributed by atoms with Gasteiger partial charge in [0.15, 0.2) is 0 Å². The summed E-state index contributed by atoms with van der Waals surface area (Å²) in [6.45, 7) is 2.15. The average molecular weight is 385 g/mol. The molecule has 0 radical (unpaired) electrons. The Morgan fingerprint density at radius 2 is 2.12 bits per heavy atom. The van der Waals surface area contributed by atoms with Crippen LogP contribution in [0.15, 0.2) is 29.2 Å². The summed E-state index contributed by atoms with van der Waals surface area (Å²) in [5.41, 5.74) is 0.154. The molecule has 1 fully saturated rings. The predicted molar refractivity (Wildman–Crippen MR) is 94.9 cm³/mol. The van der Waals surface area contributed by atoms with Crippen LogP contribution in [0.3, 0.4) is 0 Å². The van der Waals surface area contributed by atoms with Crippen LogP contribution in [0.5, 0.6) is 0 Å². The van der Waals surface area contributed by atoms with E-state index in [9.17, 15) is 22.4 Å². The van der Waals surface area contributed by atoms with Gasteiger partial charge in [0.1, 0.15) is 6.67 Å². The van der Waals surface area contributed by atoms with Crippen molar-refractivity contribution in [2.75, 3.05) is 32.9 Å². The Morgan fingerprint density at radius 3 is 2.81 bits per heavy atom. The van der Waals surface area contributed by atoms with Crippen molar-refractivity contribution in [3.8, 4) is 0 Å². The van der Waals surface area contributed by atoms with Gasteiger partial charge in [-0.15, -0.1) is 0 Å². The molecule has 2 rings (SSSR count). The number of likely N-dealkylation sites (tertiary alicyclic amines) is 1. The van der Waals surface area contributed by atoms with Gasteiger partial charge in [-0.05, 0) is 37.0 Å². The summed E-state index contributed by atoms with van der Waals surface area (Å²) in [6, 6.07) is 5.60. The molecule has 1 atom stereocenters. The zero-order valence-corrected chi connectivity index (χ0v) is 15.5. The molecule has 26 heavy (non-hydrogen) atoms. The number of halogens is 1. The summed E-state index contributed by atoms with van der Waals surface area (Å²) < 4.78 is 39.7. The minimum atomic E-state index is -3.78. The van der Waals surface area contributed by atoms with Crippen molar-refractivity contribution in [3.05, 3.63) is 29.8 Å². The number of amides is 2. The maximum atomic E-state index is 12.5. The molecule has 0 aromatic heterocycles. The summed E-state index contributed by atoms with van der Waals surface area (Å²) in [5, 5.41) is 2.36. The first kappa shape index (κ1) is 20.3. The van der Waals surface area contributed by atoms with Crippen molar-refractivity contribution in [1.29, 1.82) is 0 Å². The standard InChI is InChI=1S/C17H24FN3O4S/c1-13(22)21-9-3-4-14(12-21)11-20-26(24,25)16-6-2-5-15(10-16)17(23)19-8-7-18/h2,5-6,10,14,20H,3-4,7-9,11-12H2,1H3,(H,19,23)/t14-/m1/s1. The molecule has 1 aliphatic heterocycles. The van der Waals surface area contributed by atoms with E-state index in [-0.39, 0.29) is 35.4 Å². The van der Waals surface area contributed by atoms with Gasteiger partial charge in [-0.25, -0.2) is 17.5 Å². The molecule has 2 amide bonds. The maximum absolute atomic E-state index is 12.5. The van der Waals surface area contributed by atoms with Crippen molar-refractivity contribution in [3.63, 3.8) is 0 Å². The van der Waals surface area contributed by atoms with Crippen LogP contribution in [-0.4, -0.2) is 58.0 Å². The molecular weight excluding hydrogens is 361 g/mol. The zero-order valence-electron chi connectivity index (χ0n) is 14.7. The molecule has 9 heteroatoms. The molecule has 0 saturated carbocycles. The molecule has 0 aliphatic carbocycles. The Hall–Kier alpha value is -2.00. The van der Waals surface area contributed by atoms with Crippen molar-refractivity contribution in [2.24, 2.45) is 5.92 Å². The first-order valence-electron chi connectivity index (χ1n) is 8.53. The fraction of sp³-hybridized carbons (Fsp3) is 0.529. The van der Waals surface area contributed by atoms with E-state index in [1.165, 1.54) is 31.2 Å². The van der Waals surface area contributed by atoms with Gasteiger partial charge in [0, 0.05) is 38.7 Å². The van der Waals surface area contributed by atoms with Crippen LogP contribution in [0.4, 0.5) is 4.39 Å². The second-order valence-electron chi connectivity index (χ2n) is 6.30. The number of hydrogen-bond acceptors (Lipinski definition) is 4. The normalized spacial score (nSPS) is 17.8. The van der Waals surface area contributed by atoms with Crippen LogP contribution < -0.4 is 10.0 Å². The largest absolute Gasteiger partial charge is 0.349 e. The SMILES string of the molecule is CC(=O)N1CCC[C@H](CNS(=O)(=O)c2cccc(C(=O)NCCF)c2)C1. The van der Waals surface area contributed by atoms with Crippen LogP contribution in [0.2, 0.25) is 0 Å². The molecule has 0 unspecified atom stereocenters. The van der Waals surface area contributed by atoms with E-state index in [4.69, 9.17) is 0 Å². The van der Waals surface area contributed by atoms with E-state index in [2.05, 4.69) is 10.0 Å². The summed E-state index contributed by atoms with van der Waals surface area (Å²) in [7, 11) is -3.78. The molecule has 1 heterocycles. The average Bonchev–Trinajstić information content (AvgIpc) is 2.65. The molecule has 1 aromatic rings. The smallest absolute Gasteiger partial charge is 0.251 e. The number of alkyl halides is 1. The van der Waals surface area contributed by atoms with Gasteiger partial charge in [0.05, 0.1) is 4.90 Å². The molecule has 1 aromatic carbocycles. The number of carbonyl (C=O) groups is 2. The minimum Gasteiger partial charge on any atom is -0.349 e. The van der Waals surface area contributed by atoms with Gasteiger partial charge in [-0.2, -0.15) is 0 Å². The number of benzene rings is 1. The van der Waals surface area contributed by atoms with Gasteiger partial charge < -0.3 is 10.2 Å². The fourth-order valence-corrected chi connectivity index (χ4v) is 4.06. The van der Waals surface area contributed by atoms with E-state index in [1.54, 1.807) is 4.90 Å². The summed E-state index contributed by atoms with van der Waals surface area (Å²) in [5.74, 6) is -0.480. The van der Waals surface area contributed by atoms with Gasteiger partial charge in [0.25, 0.3) is 5.91 Å². The topological polar surface area (TPSA) is 95.6 Å². The van der Waals surface area contributed by atoms with E-state index in [0.717, 1.165) is 12.8 Å². The summed E-state index contributed by atoms with van der Waals surface area (Å²) in [6.07, 6.45) is 1.69. The van der Waals surface area contributed by atoms with Gasteiger partial charge in [-0.1, -0.05) is 6.07 Å². The van der Waals surface area contributed by atoms with Gasteiger partial charge >= 0.3 is 0 Å². The van der Waals surface area contributed by atoms with Crippen molar-refractivity contribution in [1.82, 2.24) is 14.9 Å². The molecule has 144 valence electrons. The van der Waals surface area contributed by atoms with Crippen LogP contribution in [0.25, 0.3) is 0 Å². The first-order valence-corrected chi connectivity index (χ1v) is 10.0. The Balaban J connectivity index is 2.01. The zero-order chi connectivity index (χ0) is 19.2. The molecular formula is C17H24FN3O4S. The lowest BCUT2D eigenvalue weighted by molar-refractivity contribution is -0.130. The lowest BCUT2D eigenvalue weighted by atomic mass is 9.98. The Labute approximate surface area is 153 Å². The highest BCUT2D eigenvalue weighted by atomic mass is 32.2. The van der Waals surface area contributed by atoms with Crippen LogP contribution >= 0.6 is 0 Å². The number of carbonyl (C=O) groups excluding carboxylic acids is 2. The Bertz CT molecular complexity index is 754. The van der Waals surface area contributed by atoms with E-state index >= 15 is 0 Å². The highest BCUT2D eigenvalue weighted by molar-refractivity contribution is 7.89. The summed E-state index contributed by atoms with van der Waals surface area (Å²) >= 11 is 0. The Morgan fingerprint density at radius 1 is 1.35 bits per heavy atom. The predicted octanol–water partition coefficient (Wildman–Crippen LogP) is 0.923. The summed E-state index contributed by atoms with van der Waals surface area (Å²) in [4.78, 5) is 25.0.